The second kappa shape index (κ2) is 6.86. The first kappa shape index (κ1) is 15.0. The number of carbonyl (C=O) groups is 1. The first-order valence-corrected chi connectivity index (χ1v) is 7.17. The van der Waals surface area contributed by atoms with E-state index in [1.165, 1.54) is 12.5 Å². The minimum atomic E-state index is -0.610. The number of benzene rings is 1. The number of carbonyl (C=O) groups excluding carboxylic acids is 1. The van der Waals surface area contributed by atoms with Crippen molar-refractivity contribution in [1.82, 2.24) is 4.90 Å². The van der Waals surface area contributed by atoms with Crippen molar-refractivity contribution < 1.29 is 14.6 Å². The number of hydrogen-bond donors (Lipinski definition) is 1. The van der Waals surface area contributed by atoms with Gasteiger partial charge in [-0.25, -0.2) is 0 Å². The highest BCUT2D eigenvalue weighted by molar-refractivity contribution is 5.66. The van der Waals surface area contributed by atoms with Gasteiger partial charge in [-0.1, -0.05) is 30.3 Å². The normalized spacial score (nSPS) is 26.5. The van der Waals surface area contributed by atoms with E-state index in [0.29, 0.717) is 0 Å². The van der Waals surface area contributed by atoms with Crippen LogP contribution in [-0.2, 0) is 16.1 Å². The summed E-state index contributed by atoms with van der Waals surface area (Å²) in [6.45, 7) is 2.18. The lowest BCUT2D eigenvalue weighted by molar-refractivity contribution is -0.159. The summed E-state index contributed by atoms with van der Waals surface area (Å²) < 4.78 is 5.22. The molecule has 1 aromatic carbocycles. The van der Waals surface area contributed by atoms with E-state index >= 15 is 0 Å². The van der Waals surface area contributed by atoms with Crippen LogP contribution in [-0.4, -0.2) is 41.3 Å². The Hall–Kier alpha value is -1.39. The molecule has 0 bridgehead atoms. The lowest BCUT2D eigenvalue weighted by Crippen LogP contribution is -2.50. The van der Waals surface area contributed by atoms with E-state index in [2.05, 4.69) is 17.0 Å². The molecule has 3 atom stereocenters. The van der Waals surface area contributed by atoms with Crippen molar-refractivity contribution >= 4 is 5.97 Å². The monoisotopic (exact) mass is 277 g/mol. The van der Waals surface area contributed by atoms with E-state index in [4.69, 9.17) is 4.74 Å². The van der Waals surface area contributed by atoms with Crippen molar-refractivity contribution in [3.8, 4) is 0 Å². The fourth-order valence-electron chi connectivity index (χ4n) is 2.93. The van der Waals surface area contributed by atoms with Gasteiger partial charge in [-0.05, 0) is 31.9 Å². The van der Waals surface area contributed by atoms with Crippen molar-refractivity contribution in [2.75, 3.05) is 7.05 Å². The van der Waals surface area contributed by atoms with E-state index in [-0.39, 0.29) is 18.1 Å². The van der Waals surface area contributed by atoms with E-state index in [1.54, 1.807) is 0 Å². The minimum absolute atomic E-state index is 0.0355. The first-order valence-electron chi connectivity index (χ1n) is 7.17. The SMILES string of the molecule is CC(=O)O[C@H]1CCC[C@H](N(C)Cc2ccccc2)[C@@H]1O. The van der Waals surface area contributed by atoms with Crippen molar-refractivity contribution in [2.45, 2.75) is 51.0 Å². The van der Waals surface area contributed by atoms with E-state index in [1.807, 2.05) is 25.2 Å². The topological polar surface area (TPSA) is 49.8 Å². The van der Waals surface area contributed by atoms with Gasteiger partial charge >= 0.3 is 5.97 Å². The Balaban J connectivity index is 1.98. The standard InChI is InChI=1S/C16H23NO3/c1-12(18)20-15-10-6-9-14(16(15)19)17(2)11-13-7-4-3-5-8-13/h3-5,7-8,14-16,19H,6,9-11H2,1-2H3/t14-,15-,16-/m0/s1. The molecule has 1 aliphatic carbocycles. The molecule has 1 fully saturated rings. The highest BCUT2D eigenvalue weighted by Gasteiger charge is 2.35. The largest absolute Gasteiger partial charge is 0.460 e. The van der Waals surface area contributed by atoms with Gasteiger partial charge in [0.25, 0.3) is 0 Å². The van der Waals surface area contributed by atoms with Crippen molar-refractivity contribution in [2.24, 2.45) is 0 Å². The van der Waals surface area contributed by atoms with Crippen LogP contribution in [0.2, 0.25) is 0 Å². The van der Waals surface area contributed by atoms with Crippen LogP contribution in [0.3, 0.4) is 0 Å². The van der Waals surface area contributed by atoms with Gasteiger partial charge in [-0.3, -0.25) is 9.69 Å². The second-order valence-electron chi connectivity index (χ2n) is 5.54. The molecular formula is C16H23NO3. The molecule has 4 heteroatoms. The number of likely N-dealkylation sites (N-methyl/N-ethyl adjacent to an activating group) is 1. The van der Waals surface area contributed by atoms with Gasteiger partial charge in [-0.15, -0.1) is 0 Å². The Labute approximate surface area is 120 Å². The molecule has 1 aliphatic rings. The van der Waals surface area contributed by atoms with Crippen molar-refractivity contribution in [1.29, 1.82) is 0 Å². The second-order valence-corrected chi connectivity index (χ2v) is 5.54. The predicted octanol–water partition coefficient (Wildman–Crippen LogP) is 1.96. The summed E-state index contributed by atoms with van der Waals surface area (Å²) in [4.78, 5) is 13.2. The Morgan fingerprint density at radius 3 is 2.70 bits per heavy atom. The third-order valence-electron chi connectivity index (χ3n) is 3.92. The Morgan fingerprint density at radius 1 is 1.35 bits per heavy atom. The van der Waals surface area contributed by atoms with E-state index in [9.17, 15) is 9.90 Å². The van der Waals surface area contributed by atoms with Crippen molar-refractivity contribution in [3.05, 3.63) is 35.9 Å². The quantitative estimate of drug-likeness (QED) is 0.855. The first-order chi connectivity index (χ1) is 9.58. The molecular weight excluding hydrogens is 254 g/mol. The molecule has 110 valence electrons. The molecule has 1 aromatic rings. The van der Waals surface area contributed by atoms with Crippen LogP contribution >= 0.6 is 0 Å². The fraction of sp³-hybridized carbons (Fsp3) is 0.562. The lowest BCUT2D eigenvalue weighted by atomic mass is 9.88. The lowest BCUT2D eigenvalue weighted by Gasteiger charge is -2.39. The fourth-order valence-corrected chi connectivity index (χ4v) is 2.93. The highest BCUT2D eigenvalue weighted by Crippen LogP contribution is 2.26. The maximum absolute atomic E-state index is 11.1. The molecule has 0 saturated heterocycles. The smallest absolute Gasteiger partial charge is 0.302 e. The van der Waals surface area contributed by atoms with Crippen LogP contribution in [0.15, 0.2) is 30.3 Å². The number of esters is 1. The maximum Gasteiger partial charge on any atom is 0.302 e. The molecule has 0 heterocycles. The molecule has 0 aliphatic heterocycles. The van der Waals surface area contributed by atoms with Crippen LogP contribution in [0.1, 0.15) is 31.7 Å². The molecule has 0 radical (unpaired) electrons. The molecule has 1 saturated carbocycles. The van der Waals surface area contributed by atoms with Crippen molar-refractivity contribution in [3.63, 3.8) is 0 Å². The predicted molar refractivity (Wildman–Crippen MR) is 77.1 cm³/mol. The van der Waals surface area contributed by atoms with Gasteiger partial charge in [0.05, 0.1) is 0 Å². The molecule has 2 rings (SSSR count). The summed E-state index contributed by atoms with van der Waals surface area (Å²) in [7, 11) is 2.01. The molecule has 4 nitrogen and oxygen atoms in total. The molecule has 1 N–H and O–H groups in total. The Morgan fingerprint density at radius 2 is 2.05 bits per heavy atom. The third kappa shape index (κ3) is 3.81. The van der Waals surface area contributed by atoms with E-state index in [0.717, 1.165) is 25.8 Å². The average molecular weight is 277 g/mol. The summed E-state index contributed by atoms with van der Waals surface area (Å²) in [6.07, 6.45) is 1.67. The van der Waals surface area contributed by atoms with Crippen LogP contribution in [0.4, 0.5) is 0 Å². The Kier molecular flexibility index (Phi) is 5.15. The summed E-state index contributed by atoms with van der Waals surface area (Å²) in [5, 5.41) is 10.4. The Bertz CT molecular complexity index is 435. The molecule has 0 amide bonds. The minimum Gasteiger partial charge on any atom is -0.460 e. The summed E-state index contributed by atoms with van der Waals surface area (Å²) in [5.41, 5.74) is 1.22. The van der Waals surface area contributed by atoms with Crippen LogP contribution in [0.5, 0.6) is 0 Å². The number of aliphatic hydroxyl groups is 1. The number of nitrogens with zero attached hydrogens (tertiary/aromatic N) is 1. The van der Waals surface area contributed by atoms with Gasteiger partial charge in [0.15, 0.2) is 0 Å². The molecule has 0 spiro atoms. The zero-order valence-electron chi connectivity index (χ0n) is 12.2. The molecule has 0 aromatic heterocycles. The van der Waals surface area contributed by atoms with Gasteiger partial charge in [0.2, 0.25) is 0 Å². The number of rotatable bonds is 4. The number of ether oxygens (including phenoxy) is 1. The van der Waals surface area contributed by atoms with Gasteiger partial charge < -0.3 is 9.84 Å². The summed E-state index contributed by atoms with van der Waals surface area (Å²) in [6, 6.07) is 10.2. The zero-order valence-corrected chi connectivity index (χ0v) is 12.2. The van der Waals surface area contributed by atoms with Gasteiger partial charge in [0.1, 0.15) is 12.2 Å². The third-order valence-corrected chi connectivity index (χ3v) is 3.92. The maximum atomic E-state index is 11.1. The van der Waals surface area contributed by atoms with Gasteiger partial charge in [-0.2, -0.15) is 0 Å². The van der Waals surface area contributed by atoms with Crippen LogP contribution < -0.4 is 0 Å². The number of hydrogen-bond acceptors (Lipinski definition) is 4. The highest BCUT2D eigenvalue weighted by atomic mass is 16.6. The average Bonchev–Trinajstić information content (AvgIpc) is 2.41. The van der Waals surface area contributed by atoms with E-state index < -0.39 is 6.10 Å². The van der Waals surface area contributed by atoms with Crippen LogP contribution in [0, 0.1) is 0 Å². The molecule has 0 unspecified atom stereocenters. The summed E-state index contributed by atoms with van der Waals surface area (Å²) >= 11 is 0. The zero-order chi connectivity index (χ0) is 14.5. The number of aliphatic hydroxyl groups excluding tert-OH is 1. The van der Waals surface area contributed by atoms with Crippen LogP contribution in [0.25, 0.3) is 0 Å². The molecule has 20 heavy (non-hydrogen) atoms. The summed E-state index contributed by atoms with van der Waals surface area (Å²) in [5.74, 6) is -0.319. The van der Waals surface area contributed by atoms with Gasteiger partial charge in [0, 0.05) is 19.5 Å².